The lowest BCUT2D eigenvalue weighted by Gasteiger charge is -1.97. The third-order valence-corrected chi connectivity index (χ3v) is 1.50. The zero-order valence-electron chi connectivity index (χ0n) is 6.44. The number of nitrogens with zero attached hydrogens (tertiary/aromatic N) is 4. The Hall–Kier alpha value is -1.71. The number of rotatable bonds is 2. The smallest absolute Gasteiger partial charge is 0.183 e. The van der Waals surface area contributed by atoms with E-state index in [-0.39, 0.29) is 0 Å². The fourth-order valence-electron chi connectivity index (χ4n) is 0.961. The van der Waals surface area contributed by atoms with Crippen LogP contribution in [0.2, 0.25) is 0 Å². The highest BCUT2D eigenvalue weighted by Gasteiger charge is 2.09. The lowest BCUT2D eigenvalue weighted by atomic mass is 10.4. The lowest BCUT2D eigenvalue weighted by molar-refractivity contribution is 0.978. The van der Waals surface area contributed by atoms with Crippen LogP contribution < -0.4 is 5.32 Å². The van der Waals surface area contributed by atoms with E-state index in [0.29, 0.717) is 12.2 Å². The summed E-state index contributed by atoms with van der Waals surface area (Å²) in [4.78, 5) is 12.2. The van der Waals surface area contributed by atoms with Crippen molar-refractivity contribution in [2.75, 3.05) is 0 Å². The first-order chi connectivity index (χ1) is 5.90. The summed E-state index contributed by atoms with van der Waals surface area (Å²) in [6, 6.07) is 0. The molecule has 0 fully saturated rings. The van der Waals surface area contributed by atoms with Gasteiger partial charge in [-0.15, -0.1) is 6.58 Å². The first kappa shape index (κ1) is 6.97. The molecule has 1 aromatic rings. The molecule has 0 unspecified atom stereocenters. The van der Waals surface area contributed by atoms with E-state index in [1.807, 2.05) is 0 Å². The van der Waals surface area contributed by atoms with Gasteiger partial charge in [0.1, 0.15) is 17.9 Å². The van der Waals surface area contributed by atoms with Crippen molar-refractivity contribution < 1.29 is 0 Å². The van der Waals surface area contributed by atoms with E-state index in [1.54, 1.807) is 12.3 Å². The highest BCUT2D eigenvalue weighted by atomic mass is 15.1. The van der Waals surface area contributed by atoms with Gasteiger partial charge in [0.25, 0.3) is 0 Å². The van der Waals surface area contributed by atoms with Crippen molar-refractivity contribution in [3.8, 4) is 0 Å². The molecule has 0 saturated carbocycles. The maximum Gasteiger partial charge on any atom is 0.183 e. The summed E-state index contributed by atoms with van der Waals surface area (Å²) in [6.07, 6.45) is 5.59. The third kappa shape index (κ3) is 1.07. The first-order valence-corrected chi connectivity index (χ1v) is 3.60. The van der Waals surface area contributed by atoms with E-state index < -0.39 is 0 Å². The number of fused-ring (bicyclic) bond motifs is 1. The van der Waals surface area contributed by atoms with Crippen LogP contribution in [0, 0.1) is 0 Å². The van der Waals surface area contributed by atoms with Gasteiger partial charge in [-0.3, -0.25) is 0 Å². The van der Waals surface area contributed by atoms with Gasteiger partial charge < -0.3 is 0 Å². The Labute approximate surface area is 70.1 Å². The number of hydrogen-bond donors (Lipinski definition) is 0. The molecule has 0 aliphatic carbocycles. The molecule has 4 heteroatoms. The Bertz CT molecular complexity index is 343. The van der Waals surface area contributed by atoms with E-state index >= 15 is 0 Å². The molecule has 1 aliphatic heterocycles. The van der Waals surface area contributed by atoms with E-state index in [2.05, 4.69) is 26.9 Å². The van der Waals surface area contributed by atoms with Crippen molar-refractivity contribution in [1.82, 2.24) is 15.3 Å². The van der Waals surface area contributed by atoms with E-state index in [1.165, 1.54) is 6.34 Å². The Morgan fingerprint density at radius 3 is 3.25 bits per heavy atom. The molecular weight excluding hydrogens is 152 g/mol. The molecule has 59 valence electrons. The number of hydrogen-bond acceptors (Lipinski definition) is 3. The Morgan fingerprint density at radius 1 is 1.50 bits per heavy atom. The number of aromatic nitrogens is 2. The minimum atomic E-state index is 0.654. The fraction of sp³-hybridized carbons (Fsp3) is 0.125. The average molecular weight is 159 g/mol. The predicted molar refractivity (Wildman–Crippen MR) is 45.9 cm³/mol. The molecule has 4 nitrogen and oxygen atoms in total. The van der Waals surface area contributed by atoms with Crippen molar-refractivity contribution in [1.29, 1.82) is 0 Å². The van der Waals surface area contributed by atoms with Gasteiger partial charge in [-0.1, -0.05) is 6.08 Å². The monoisotopic (exact) mass is 159 g/mol. The molecule has 0 spiro atoms. The van der Waals surface area contributed by atoms with Crippen LogP contribution in [-0.2, 0) is 6.42 Å². The second-order valence-electron chi connectivity index (χ2n) is 2.36. The molecule has 1 radical (unpaired) electrons. The molecular formula is C8H7N4. The van der Waals surface area contributed by atoms with Crippen LogP contribution in [0.25, 0.3) is 0 Å². The SMILES string of the molecule is C=CCc1ncc2c(n1)[N]C=N2. The van der Waals surface area contributed by atoms with Gasteiger partial charge in [0.2, 0.25) is 0 Å². The quantitative estimate of drug-likeness (QED) is 0.607. The number of aliphatic imine (C=N–C) groups is 1. The van der Waals surface area contributed by atoms with Crippen LogP contribution in [0.4, 0.5) is 11.5 Å². The van der Waals surface area contributed by atoms with E-state index in [9.17, 15) is 0 Å². The molecule has 1 aromatic heterocycles. The molecule has 0 atom stereocenters. The van der Waals surface area contributed by atoms with Crippen molar-refractivity contribution in [3.63, 3.8) is 0 Å². The largest absolute Gasteiger partial charge is 0.239 e. The standard InChI is InChI=1S/C8H7N4/c1-2-3-7-9-4-6-8(12-7)11-5-10-6/h2,4-5H,1,3H2. The molecule has 2 rings (SSSR count). The number of allylic oxidation sites excluding steroid dienone is 1. The van der Waals surface area contributed by atoms with Crippen LogP contribution in [0.15, 0.2) is 23.8 Å². The summed E-state index contributed by atoms with van der Waals surface area (Å²) >= 11 is 0. The minimum Gasteiger partial charge on any atom is -0.239 e. The molecule has 0 amide bonds. The normalized spacial score (nSPS) is 12.3. The second-order valence-corrected chi connectivity index (χ2v) is 2.36. The first-order valence-electron chi connectivity index (χ1n) is 3.60. The van der Waals surface area contributed by atoms with Gasteiger partial charge in [0, 0.05) is 6.42 Å². The predicted octanol–water partition coefficient (Wildman–Crippen LogP) is 1.11. The van der Waals surface area contributed by atoms with Crippen molar-refractivity contribution >= 4 is 17.8 Å². The summed E-state index contributed by atoms with van der Waals surface area (Å²) in [6.45, 7) is 3.61. The van der Waals surface area contributed by atoms with Crippen LogP contribution in [0.1, 0.15) is 5.82 Å². The summed E-state index contributed by atoms with van der Waals surface area (Å²) in [5.41, 5.74) is 0.739. The lowest BCUT2D eigenvalue weighted by Crippen LogP contribution is -1.96. The highest BCUT2D eigenvalue weighted by molar-refractivity contribution is 5.78. The second kappa shape index (κ2) is 2.73. The molecule has 0 bridgehead atoms. The maximum absolute atomic E-state index is 4.17. The molecule has 0 aromatic carbocycles. The van der Waals surface area contributed by atoms with Gasteiger partial charge in [-0.05, 0) is 0 Å². The summed E-state index contributed by atoms with van der Waals surface area (Å²) in [5.74, 6) is 1.39. The van der Waals surface area contributed by atoms with Gasteiger partial charge >= 0.3 is 0 Å². The molecule has 2 heterocycles. The summed E-state index contributed by atoms with van der Waals surface area (Å²) < 4.78 is 0. The van der Waals surface area contributed by atoms with Crippen molar-refractivity contribution in [3.05, 3.63) is 24.7 Å². The topological polar surface area (TPSA) is 52.2 Å². The maximum atomic E-state index is 4.17. The van der Waals surface area contributed by atoms with Gasteiger partial charge in [0.15, 0.2) is 5.82 Å². The zero-order valence-corrected chi connectivity index (χ0v) is 6.44. The van der Waals surface area contributed by atoms with Crippen molar-refractivity contribution in [2.24, 2.45) is 4.99 Å². The van der Waals surface area contributed by atoms with E-state index in [4.69, 9.17) is 0 Å². The van der Waals surface area contributed by atoms with Gasteiger partial charge in [-0.25, -0.2) is 20.3 Å². The minimum absolute atomic E-state index is 0.654. The Kier molecular flexibility index (Phi) is 1.59. The molecule has 0 N–H and O–H groups in total. The van der Waals surface area contributed by atoms with Gasteiger partial charge in [0.05, 0.1) is 6.20 Å². The molecule has 12 heavy (non-hydrogen) atoms. The van der Waals surface area contributed by atoms with Crippen LogP contribution >= 0.6 is 0 Å². The zero-order chi connectivity index (χ0) is 8.39. The van der Waals surface area contributed by atoms with Crippen LogP contribution in [-0.4, -0.2) is 16.3 Å². The third-order valence-electron chi connectivity index (χ3n) is 1.50. The summed E-state index contributed by atoms with van der Waals surface area (Å²) in [5, 5.41) is 3.97. The van der Waals surface area contributed by atoms with Crippen LogP contribution in [0.5, 0.6) is 0 Å². The van der Waals surface area contributed by atoms with Crippen molar-refractivity contribution in [2.45, 2.75) is 6.42 Å². The van der Waals surface area contributed by atoms with Gasteiger partial charge in [-0.2, -0.15) is 0 Å². The highest BCUT2D eigenvalue weighted by Crippen LogP contribution is 2.24. The van der Waals surface area contributed by atoms with Crippen LogP contribution in [0.3, 0.4) is 0 Å². The fourth-order valence-corrected chi connectivity index (χ4v) is 0.961. The molecule has 1 aliphatic rings. The Morgan fingerprint density at radius 2 is 2.42 bits per heavy atom. The Balaban J connectivity index is 2.35. The summed E-state index contributed by atoms with van der Waals surface area (Å²) in [7, 11) is 0. The molecule has 0 saturated heterocycles. The average Bonchev–Trinajstić information content (AvgIpc) is 2.51. The van der Waals surface area contributed by atoms with E-state index in [0.717, 1.165) is 11.5 Å².